The predicted octanol–water partition coefficient (Wildman–Crippen LogP) is 11.3. The number of benzene rings is 1. The fourth-order valence-corrected chi connectivity index (χ4v) is 6.32. The molecule has 0 fully saturated rings. The van der Waals surface area contributed by atoms with E-state index in [0.29, 0.717) is 24.3 Å². The topological polar surface area (TPSA) is 59.1 Å². The molecule has 0 aliphatic rings. The number of esters is 2. The first-order valence-corrected chi connectivity index (χ1v) is 20.4. The quantitative estimate of drug-likeness (QED) is 0.0536. The van der Waals surface area contributed by atoms with Gasteiger partial charge in [-0.05, 0) is 76.1 Å². The highest BCUT2D eigenvalue weighted by Crippen LogP contribution is 2.13. The minimum Gasteiger partial charge on any atom is -0.462 e. The molecule has 48 heavy (non-hydrogen) atoms. The van der Waals surface area contributed by atoms with E-state index in [4.69, 9.17) is 9.47 Å². The summed E-state index contributed by atoms with van der Waals surface area (Å²) < 4.78 is 11.0. The van der Waals surface area contributed by atoms with Crippen molar-refractivity contribution >= 4 is 11.9 Å². The summed E-state index contributed by atoms with van der Waals surface area (Å²) in [7, 11) is 0. The van der Waals surface area contributed by atoms with E-state index in [9.17, 15) is 9.59 Å². The number of carbonyl (C=O) groups is 2. The Morgan fingerprint density at radius 2 is 0.688 bits per heavy atom. The fraction of sp³-hybridized carbons (Fsp3) is 0.810. The van der Waals surface area contributed by atoms with Crippen molar-refractivity contribution in [3.05, 3.63) is 35.4 Å². The van der Waals surface area contributed by atoms with Crippen LogP contribution in [0.5, 0.6) is 0 Å². The maximum absolute atomic E-state index is 12.5. The fourth-order valence-electron chi connectivity index (χ4n) is 6.32. The van der Waals surface area contributed by atoms with Crippen molar-refractivity contribution in [2.75, 3.05) is 52.5 Å². The van der Waals surface area contributed by atoms with E-state index in [2.05, 4.69) is 37.5 Å². The molecular formula is C42H76N2O4. The minimum absolute atomic E-state index is 0.338. The molecule has 0 saturated carbocycles. The molecule has 0 aliphatic heterocycles. The highest BCUT2D eigenvalue weighted by Gasteiger charge is 2.12. The molecule has 1 aromatic rings. The van der Waals surface area contributed by atoms with Gasteiger partial charge in [0, 0.05) is 13.1 Å². The van der Waals surface area contributed by atoms with Crippen LogP contribution in [0.25, 0.3) is 0 Å². The number of rotatable bonds is 34. The third-order valence-corrected chi connectivity index (χ3v) is 9.61. The summed E-state index contributed by atoms with van der Waals surface area (Å²) in [6, 6.07) is 6.64. The van der Waals surface area contributed by atoms with Crippen molar-refractivity contribution < 1.29 is 19.1 Å². The van der Waals surface area contributed by atoms with Crippen molar-refractivity contribution in [1.82, 2.24) is 9.80 Å². The first kappa shape index (κ1) is 44.1. The molecule has 0 N–H and O–H groups in total. The van der Waals surface area contributed by atoms with E-state index < -0.39 is 0 Å². The number of carbonyl (C=O) groups excluding carboxylic acids is 2. The SMILES string of the molecule is CCCCCCCCCCCCN(CC)CCCOC(=O)c1ccc(C(=O)OCCCN(CC)CCCCCCCCCCCC)cc1. The third kappa shape index (κ3) is 24.3. The molecule has 0 amide bonds. The average molecular weight is 673 g/mol. The molecule has 0 bridgehead atoms. The van der Waals surface area contributed by atoms with Gasteiger partial charge in [0.15, 0.2) is 0 Å². The Balaban J connectivity index is 2.13. The molecule has 1 rings (SSSR count). The van der Waals surface area contributed by atoms with E-state index in [1.165, 1.54) is 128 Å². The number of unbranched alkanes of at least 4 members (excludes halogenated alkanes) is 18. The average Bonchev–Trinajstić information content (AvgIpc) is 3.11. The van der Waals surface area contributed by atoms with Crippen LogP contribution in [0.4, 0.5) is 0 Å². The third-order valence-electron chi connectivity index (χ3n) is 9.61. The second kappa shape index (κ2) is 32.3. The largest absolute Gasteiger partial charge is 0.462 e. The molecule has 0 saturated heterocycles. The molecule has 0 atom stereocenters. The predicted molar refractivity (Wildman–Crippen MR) is 204 cm³/mol. The molecule has 278 valence electrons. The van der Waals surface area contributed by atoms with Gasteiger partial charge in [0.2, 0.25) is 0 Å². The van der Waals surface area contributed by atoms with Crippen molar-refractivity contribution in [2.45, 2.75) is 169 Å². The van der Waals surface area contributed by atoms with Gasteiger partial charge in [-0.2, -0.15) is 0 Å². The summed E-state index contributed by atoms with van der Waals surface area (Å²) in [4.78, 5) is 30.0. The van der Waals surface area contributed by atoms with Crippen LogP contribution in [0.3, 0.4) is 0 Å². The lowest BCUT2D eigenvalue weighted by Crippen LogP contribution is -2.27. The van der Waals surface area contributed by atoms with Gasteiger partial charge in [-0.15, -0.1) is 0 Å². The molecular weight excluding hydrogens is 596 g/mol. The second-order valence-electron chi connectivity index (χ2n) is 13.8. The van der Waals surface area contributed by atoms with Crippen LogP contribution in [-0.4, -0.2) is 74.2 Å². The molecule has 0 spiro atoms. The van der Waals surface area contributed by atoms with Crippen LogP contribution < -0.4 is 0 Å². The number of nitrogens with zero attached hydrogens (tertiary/aromatic N) is 2. The summed E-state index contributed by atoms with van der Waals surface area (Å²) in [5, 5.41) is 0. The van der Waals surface area contributed by atoms with E-state index >= 15 is 0 Å². The normalized spacial score (nSPS) is 11.5. The van der Waals surface area contributed by atoms with Crippen LogP contribution in [-0.2, 0) is 9.47 Å². The Hall–Kier alpha value is -1.92. The van der Waals surface area contributed by atoms with Crippen molar-refractivity contribution in [2.24, 2.45) is 0 Å². The van der Waals surface area contributed by atoms with Gasteiger partial charge in [0.05, 0.1) is 24.3 Å². The van der Waals surface area contributed by atoms with E-state index in [0.717, 1.165) is 52.1 Å². The van der Waals surface area contributed by atoms with Gasteiger partial charge in [0.1, 0.15) is 0 Å². The van der Waals surface area contributed by atoms with Crippen LogP contribution in [0, 0.1) is 0 Å². The van der Waals surface area contributed by atoms with E-state index in [1.807, 2.05) is 0 Å². The van der Waals surface area contributed by atoms with Gasteiger partial charge in [-0.3, -0.25) is 0 Å². The smallest absolute Gasteiger partial charge is 0.338 e. The Bertz CT molecular complexity index is 804. The Morgan fingerprint density at radius 1 is 0.417 bits per heavy atom. The van der Waals surface area contributed by atoms with Gasteiger partial charge >= 0.3 is 11.9 Å². The number of hydrogen-bond acceptors (Lipinski definition) is 6. The molecule has 0 aromatic heterocycles. The lowest BCUT2D eigenvalue weighted by Gasteiger charge is -2.20. The standard InChI is InChI=1S/C42H76N2O4/c1-5-9-11-13-15-17-19-21-23-25-33-43(7-3)35-27-37-47-41(45)39-29-31-40(32-30-39)42(46)48-38-28-36-44(8-4)34-26-24-22-20-18-16-14-12-10-6-2/h29-32H,5-28,33-38H2,1-4H3. The van der Waals surface area contributed by atoms with Crippen molar-refractivity contribution in [3.8, 4) is 0 Å². The molecule has 0 unspecified atom stereocenters. The summed E-state index contributed by atoms with van der Waals surface area (Å²) in [5.74, 6) is -0.676. The summed E-state index contributed by atoms with van der Waals surface area (Å²) in [5.41, 5.74) is 0.935. The molecule has 0 aliphatic carbocycles. The van der Waals surface area contributed by atoms with Gasteiger partial charge < -0.3 is 19.3 Å². The highest BCUT2D eigenvalue weighted by molar-refractivity contribution is 5.93. The molecule has 1 aromatic carbocycles. The second-order valence-corrected chi connectivity index (χ2v) is 13.8. The summed E-state index contributed by atoms with van der Waals surface area (Å²) in [6.45, 7) is 16.0. The zero-order valence-electron chi connectivity index (χ0n) is 32.1. The van der Waals surface area contributed by atoms with Crippen molar-refractivity contribution in [3.63, 3.8) is 0 Å². The van der Waals surface area contributed by atoms with Gasteiger partial charge in [0.25, 0.3) is 0 Å². The number of hydrogen-bond donors (Lipinski definition) is 0. The van der Waals surface area contributed by atoms with Gasteiger partial charge in [-0.1, -0.05) is 143 Å². The highest BCUT2D eigenvalue weighted by atomic mass is 16.5. The first-order valence-electron chi connectivity index (χ1n) is 20.4. The molecule has 0 heterocycles. The molecule has 6 heteroatoms. The van der Waals surface area contributed by atoms with E-state index in [-0.39, 0.29) is 11.9 Å². The zero-order chi connectivity index (χ0) is 34.9. The first-order chi connectivity index (χ1) is 23.5. The van der Waals surface area contributed by atoms with Gasteiger partial charge in [-0.25, -0.2) is 9.59 Å². The maximum Gasteiger partial charge on any atom is 0.338 e. The van der Waals surface area contributed by atoms with E-state index in [1.54, 1.807) is 24.3 Å². The monoisotopic (exact) mass is 673 g/mol. The Kier molecular flexibility index (Phi) is 29.7. The van der Waals surface area contributed by atoms with Crippen LogP contribution in [0.15, 0.2) is 24.3 Å². The van der Waals surface area contributed by atoms with Crippen LogP contribution in [0.1, 0.15) is 190 Å². The van der Waals surface area contributed by atoms with Crippen molar-refractivity contribution in [1.29, 1.82) is 0 Å². The lowest BCUT2D eigenvalue weighted by molar-refractivity contribution is 0.0474. The number of ether oxygens (including phenoxy) is 2. The minimum atomic E-state index is -0.338. The van der Waals surface area contributed by atoms with Crippen LogP contribution in [0.2, 0.25) is 0 Å². The Labute approximate surface area is 297 Å². The summed E-state index contributed by atoms with van der Waals surface area (Å²) >= 11 is 0. The maximum atomic E-state index is 12.5. The zero-order valence-corrected chi connectivity index (χ0v) is 32.1. The van der Waals surface area contributed by atoms with Crippen LogP contribution >= 0.6 is 0 Å². The lowest BCUT2D eigenvalue weighted by atomic mass is 10.1. The Morgan fingerprint density at radius 3 is 0.979 bits per heavy atom. The summed E-state index contributed by atoms with van der Waals surface area (Å²) in [6.07, 6.45) is 28.8. The molecule has 0 radical (unpaired) electrons. The molecule has 6 nitrogen and oxygen atoms in total.